The maximum Gasteiger partial charge on any atom is 0.319 e. The SMILES string of the molecule is CN(C)C(=O)N1CCC(NS(C)(=O)=O)C1COC1CCN(c2ncc(F)cn2)CC1. The van der Waals surface area contributed by atoms with Gasteiger partial charge in [-0.05, 0) is 19.3 Å². The van der Waals surface area contributed by atoms with Crippen LogP contribution in [-0.2, 0) is 14.8 Å². The summed E-state index contributed by atoms with van der Waals surface area (Å²) in [6.07, 6.45) is 5.42. The van der Waals surface area contributed by atoms with E-state index in [2.05, 4.69) is 14.7 Å². The number of amides is 2. The van der Waals surface area contributed by atoms with E-state index < -0.39 is 15.8 Å². The molecular formula is C18H29FN6O4S. The van der Waals surface area contributed by atoms with E-state index in [1.54, 1.807) is 19.0 Å². The van der Waals surface area contributed by atoms with Crippen molar-refractivity contribution < 1.29 is 22.3 Å². The molecule has 2 aliphatic rings. The fourth-order valence-corrected chi connectivity index (χ4v) is 4.72. The fraction of sp³-hybridized carbons (Fsp3) is 0.722. The average molecular weight is 445 g/mol. The maximum atomic E-state index is 13.0. The number of carbonyl (C=O) groups is 1. The summed E-state index contributed by atoms with van der Waals surface area (Å²) >= 11 is 0. The molecule has 2 unspecified atom stereocenters. The van der Waals surface area contributed by atoms with E-state index in [9.17, 15) is 17.6 Å². The van der Waals surface area contributed by atoms with Gasteiger partial charge in [-0.3, -0.25) is 0 Å². The number of nitrogens with one attached hydrogen (secondary N) is 1. The van der Waals surface area contributed by atoms with Crippen LogP contribution in [0.15, 0.2) is 12.4 Å². The van der Waals surface area contributed by atoms with Crippen molar-refractivity contribution in [3.8, 4) is 0 Å². The third-order valence-corrected chi connectivity index (χ3v) is 6.10. The standard InChI is InChI=1S/C18H29FN6O4S/c1-23(2)18(26)25-9-6-15(22-30(3,27)28)16(25)12-29-14-4-7-24(8-5-14)17-20-10-13(19)11-21-17/h10-11,14-16,22H,4-9,12H2,1-3H3. The third-order valence-electron chi connectivity index (χ3n) is 5.37. The molecule has 2 atom stereocenters. The Balaban J connectivity index is 1.57. The van der Waals surface area contributed by atoms with Gasteiger partial charge in [-0.2, -0.15) is 0 Å². The number of sulfonamides is 1. The molecule has 3 rings (SSSR count). The lowest BCUT2D eigenvalue weighted by Crippen LogP contribution is -2.52. The largest absolute Gasteiger partial charge is 0.376 e. The van der Waals surface area contributed by atoms with Gasteiger partial charge in [-0.15, -0.1) is 0 Å². The summed E-state index contributed by atoms with van der Waals surface area (Å²) < 4.78 is 45.2. The molecule has 1 aromatic heterocycles. The predicted molar refractivity (Wildman–Crippen MR) is 109 cm³/mol. The Morgan fingerprint density at radius 3 is 2.43 bits per heavy atom. The number of halogens is 1. The van der Waals surface area contributed by atoms with Gasteiger partial charge in [0, 0.05) is 39.8 Å². The molecule has 0 spiro atoms. The zero-order valence-corrected chi connectivity index (χ0v) is 18.3. The van der Waals surface area contributed by atoms with E-state index in [4.69, 9.17) is 4.74 Å². The van der Waals surface area contributed by atoms with Gasteiger partial charge in [0.1, 0.15) is 0 Å². The number of anilines is 1. The maximum absolute atomic E-state index is 13.0. The van der Waals surface area contributed by atoms with E-state index in [1.807, 2.05) is 4.90 Å². The molecule has 10 nitrogen and oxygen atoms in total. The van der Waals surface area contributed by atoms with E-state index in [0.717, 1.165) is 31.5 Å². The Bertz CT molecular complexity index is 830. The van der Waals surface area contributed by atoms with Gasteiger partial charge >= 0.3 is 6.03 Å². The molecule has 1 aromatic rings. The fourth-order valence-electron chi connectivity index (χ4n) is 3.89. The van der Waals surface area contributed by atoms with Crippen LogP contribution in [0.2, 0.25) is 0 Å². The minimum Gasteiger partial charge on any atom is -0.376 e. The number of urea groups is 1. The molecule has 30 heavy (non-hydrogen) atoms. The summed E-state index contributed by atoms with van der Waals surface area (Å²) in [5.74, 6) is 0.0217. The molecule has 2 saturated heterocycles. The van der Waals surface area contributed by atoms with E-state index >= 15 is 0 Å². The number of nitrogens with zero attached hydrogens (tertiary/aromatic N) is 5. The molecule has 2 amide bonds. The Kier molecular flexibility index (Phi) is 7.09. The van der Waals surface area contributed by atoms with Gasteiger partial charge in [-0.1, -0.05) is 0 Å². The molecule has 0 saturated carbocycles. The smallest absolute Gasteiger partial charge is 0.319 e. The van der Waals surface area contributed by atoms with Gasteiger partial charge in [0.15, 0.2) is 5.82 Å². The molecule has 0 radical (unpaired) electrons. The highest BCUT2D eigenvalue weighted by atomic mass is 32.2. The number of aromatic nitrogens is 2. The second-order valence-corrected chi connectivity index (χ2v) is 9.72. The molecule has 2 aliphatic heterocycles. The van der Waals surface area contributed by atoms with Gasteiger partial charge in [0.2, 0.25) is 16.0 Å². The first-order valence-electron chi connectivity index (χ1n) is 9.93. The van der Waals surface area contributed by atoms with E-state index in [1.165, 1.54) is 4.90 Å². The number of likely N-dealkylation sites (tertiary alicyclic amines) is 1. The van der Waals surface area contributed by atoms with Gasteiger partial charge in [-0.25, -0.2) is 32.3 Å². The number of hydrogen-bond donors (Lipinski definition) is 1. The van der Waals surface area contributed by atoms with Crippen LogP contribution in [0.4, 0.5) is 15.1 Å². The van der Waals surface area contributed by atoms with E-state index in [0.29, 0.717) is 32.0 Å². The normalized spacial score (nSPS) is 23.1. The summed E-state index contributed by atoms with van der Waals surface area (Å²) in [7, 11) is -0.0555. The highest BCUT2D eigenvalue weighted by Gasteiger charge is 2.39. The van der Waals surface area contributed by atoms with Gasteiger partial charge in [0.25, 0.3) is 0 Å². The van der Waals surface area contributed by atoms with Gasteiger partial charge in [0.05, 0.1) is 37.4 Å². The molecule has 3 heterocycles. The van der Waals surface area contributed by atoms with Crippen molar-refractivity contribution in [1.29, 1.82) is 0 Å². The van der Waals surface area contributed by atoms with Crippen molar-refractivity contribution >= 4 is 22.0 Å². The number of ether oxygens (including phenoxy) is 1. The van der Waals surface area contributed by atoms with Crippen molar-refractivity contribution in [3.63, 3.8) is 0 Å². The number of piperidine rings is 1. The van der Waals surface area contributed by atoms with Crippen molar-refractivity contribution in [1.82, 2.24) is 24.5 Å². The molecule has 0 bridgehead atoms. The van der Waals surface area contributed by atoms with Crippen LogP contribution < -0.4 is 9.62 Å². The van der Waals surface area contributed by atoms with E-state index in [-0.39, 0.29) is 30.8 Å². The molecule has 0 aliphatic carbocycles. The minimum atomic E-state index is -3.40. The predicted octanol–water partition coefficient (Wildman–Crippen LogP) is 0.275. The second kappa shape index (κ2) is 9.40. The summed E-state index contributed by atoms with van der Waals surface area (Å²) in [5.41, 5.74) is 0. The van der Waals surface area contributed by atoms with Crippen molar-refractivity contribution in [3.05, 3.63) is 18.2 Å². The zero-order chi connectivity index (χ0) is 21.9. The lowest BCUT2D eigenvalue weighted by molar-refractivity contribution is 0.00706. The first kappa shape index (κ1) is 22.6. The van der Waals surface area contributed by atoms with Crippen LogP contribution in [0, 0.1) is 5.82 Å². The highest BCUT2D eigenvalue weighted by Crippen LogP contribution is 2.23. The van der Waals surface area contributed by atoms with Crippen molar-refractivity contribution in [2.75, 3.05) is 51.5 Å². The Hall–Kier alpha value is -2.05. The van der Waals surface area contributed by atoms with Gasteiger partial charge < -0.3 is 19.4 Å². The Morgan fingerprint density at radius 2 is 1.87 bits per heavy atom. The number of rotatable bonds is 6. The lowest BCUT2D eigenvalue weighted by Gasteiger charge is -2.34. The molecular weight excluding hydrogens is 415 g/mol. The quantitative estimate of drug-likeness (QED) is 0.671. The third kappa shape index (κ3) is 5.76. The average Bonchev–Trinajstić information content (AvgIpc) is 3.07. The molecule has 0 aromatic carbocycles. The van der Waals surface area contributed by atoms with Crippen LogP contribution in [0.25, 0.3) is 0 Å². The summed E-state index contributed by atoms with van der Waals surface area (Å²) in [6, 6.07) is -0.908. The second-order valence-electron chi connectivity index (χ2n) is 7.94. The van der Waals surface area contributed by atoms with Crippen LogP contribution in [-0.4, -0.2) is 99.0 Å². The summed E-state index contributed by atoms with van der Waals surface area (Å²) in [6.45, 7) is 2.07. The number of carbonyl (C=O) groups excluding carboxylic acids is 1. The van der Waals surface area contributed by atoms with Crippen molar-refractivity contribution in [2.45, 2.75) is 37.5 Å². The van der Waals surface area contributed by atoms with Crippen LogP contribution in [0.1, 0.15) is 19.3 Å². The first-order valence-corrected chi connectivity index (χ1v) is 11.8. The summed E-state index contributed by atoms with van der Waals surface area (Å²) in [4.78, 5) is 25.7. The molecule has 1 N–H and O–H groups in total. The van der Waals surface area contributed by atoms with Crippen molar-refractivity contribution in [2.24, 2.45) is 0 Å². The molecule has 2 fully saturated rings. The van der Waals surface area contributed by atoms with Crippen LogP contribution in [0.3, 0.4) is 0 Å². The Labute approximate surface area is 176 Å². The minimum absolute atomic E-state index is 0.0162. The zero-order valence-electron chi connectivity index (χ0n) is 17.5. The number of hydrogen-bond acceptors (Lipinski definition) is 7. The molecule has 12 heteroatoms. The highest BCUT2D eigenvalue weighted by molar-refractivity contribution is 7.88. The first-order chi connectivity index (χ1) is 14.1. The van der Waals surface area contributed by atoms with Crippen LogP contribution >= 0.6 is 0 Å². The lowest BCUT2D eigenvalue weighted by atomic mass is 10.1. The Morgan fingerprint density at radius 1 is 1.23 bits per heavy atom. The van der Waals surface area contributed by atoms with Crippen LogP contribution in [0.5, 0.6) is 0 Å². The monoisotopic (exact) mass is 444 g/mol. The topological polar surface area (TPSA) is 108 Å². The molecule has 168 valence electrons. The summed E-state index contributed by atoms with van der Waals surface area (Å²) in [5, 5.41) is 0.